The van der Waals surface area contributed by atoms with Crippen molar-refractivity contribution in [2.75, 3.05) is 20.1 Å². The second-order valence-corrected chi connectivity index (χ2v) is 7.01. The summed E-state index contributed by atoms with van der Waals surface area (Å²) in [6.45, 7) is 2.97. The van der Waals surface area contributed by atoms with Crippen molar-refractivity contribution in [1.29, 1.82) is 0 Å². The van der Waals surface area contributed by atoms with Crippen LogP contribution in [0.4, 0.5) is 13.2 Å². The molecule has 1 unspecified atom stereocenters. The number of aryl methyl sites for hydroxylation is 1. The number of aliphatic imine (C=N–C) groups is 1. The number of hydrogen-bond donors (Lipinski definition) is 2. The van der Waals surface area contributed by atoms with Gasteiger partial charge in [-0.05, 0) is 24.1 Å². The number of alkyl halides is 3. The first-order chi connectivity index (χ1) is 13.3. The summed E-state index contributed by atoms with van der Waals surface area (Å²) in [6.07, 6.45) is 0.414. The zero-order valence-corrected chi connectivity index (χ0v) is 16.0. The molecule has 1 fully saturated rings. The van der Waals surface area contributed by atoms with Crippen molar-refractivity contribution in [3.8, 4) is 0 Å². The van der Waals surface area contributed by atoms with Gasteiger partial charge in [0.25, 0.3) is 0 Å². The van der Waals surface area contributed by atoms with E-state index in [1.165, 1.54) is 0 Å². The fraction of sp³-hybridized carbons (Fsp3) is 0.474. The van der Waals surface area contributed by atoms with Crippen molar-refractivity contribution in [3.63, 3.8) is 0 Å². The van der Waals surface area contributed by atoms with Crippen LogP contribution < -0.4 is 10.6 Å². The Hall–Kier alpha value is -2.55. The molecule has 1 aromatic heterocycles. The fourth-order valence-corrected chi connectivity index (χ4v) is 3.29. The van der Waals surface area contributed by atoms with Gasteiger partial charge in [-0.15, -0.1) is 0 Å². The van der Waals surface area contributed by atoms with E-state index in [9.17, 15) is 13.2 Å². The molecule has 1 aromatic carbocycles. The van der Waals surface area contributed by atoms with E-state index >= 15 is 0 Å². The molecule has 2 heterocycles. The Morgan fingerprint density at radius 3 is 2.61 bits per heavy atom. The van der Waals surface area contributed by atoms with Gasteiger partial charge in [-0.3, -0.25) is 14.6 Å². The summed E-state index contributed by atoms with van der Waals surface area (Å²) in [5.74, 6) is 0.727. The zero-order chi connectivity index (χ0) is 20.1. The fourth-order valence-electron chi connectivity index (χ4n) is 3.29. The number of halogens is 3. The van der Waals surface area contributed by atoms with Crippen molar-refractivity contribution >= 4 is 5.96 Å². The first-order valence-corrected chi connectivity index (χ1v) is 9.16. The van der Waals surface area contributed by atoms with E-state index in [2.05, 4.69) is 25.6 Å². The molecule has 28 heavy (non-hydrogen) atoms. The van der Waals surface area contributed by atoms with Crippen LogP contribution in [-0.4, -0.2) is 46.8 Å². The molecule has 3 rings (SSSR count). The van der Waals surface area contributed by atoms with E-state index in [0.717, 1.165) is 48.7 Å². The van der Waals surface area contributed by atoms with Crippen LogP contribution >= 0.6 is 0 Å². The predicted octanol–water partition coefficient (Wildman–Crippen LogP) is 2.38. The number of likely N-dealkylation sites (tertiary alicyclic amines) is 1. The van der Waals surface area contributed by atoms with E-state index in [0.29, 0.717) is 13.1 Å². The molecule has 0 saturated carbocycles. The average Bonchev–Trinajstić information content (AvgIpc) is 3.27. The van der Waals surface area contributed by atoms with Gasteiger partial charge in [0.15, 0.2) is 5.96 Å². The largest absolute Gasteiger partial charge is 0.416 e. The highest BCUT2D eigenvalue weighted by molar-refractivity contribution is 5.80. The van der Waals surface area contributed by atoms with Crippen LogP contribution in [0, 0.1) is 0 Å². The molecule has 2 aromatic rings. The first kappa shape index (κ1) is 20.2. The number of benzene rings is 1. The third-order valence-corrected chi connectivity index (χ3v) is 4.74. The summed E-state index contributed by atoms with van der Waals surface area (Å²) < 4.78 is 39.7. The van der Waals surface area contributed by atoms with Crippen molar-refractivity contribution in [3.05, 3.63) is 53.3 Å². The molecular weight excluding hydrogens is 369 g/mol. The van der Waals surface area contributed by atoms with Gasteiger partial charge in [-0.1, -0.05) is 12.1 Å². The van der Waals surface area contributed by atoms with Crippen molar-refractivity contribution in [2.45, 2.75) is 31.7 Å². The number of aromatic nitrogens is 2. The topological polar surface area (TPSA) is 57.5 Å². The van der Waals surface area contributed by atoms with E-state index in [-0.39, 0.29) is 6.04 Å². The maximum Gasteiger partial charge on any atom is 0.416 e. The molecule has 2 N–H and O–H groups in total. The molecule has 0 spiro atoms. The van der Waals surface area contributed by atoms with Crippen LogP contribution in [0.3, 0.4) is 0 Å². The molecular formula is C19H25F3N6. The molecule has 152 valence electrons. The zero-order valence-electron chi connectivity index (χ0n) is 16.0. The highest BCUT2D eigenvalue weighted by Gasteiger charge is 2.30. The molecule has 1 aliphatic rings. The smallest absolute Gasteiger partial charge is 0.352 e. The molecule has 0 bridgehead atoms. The van der Waals surface area contributed by atoms with Gasteiger partial charge in [0, 0.05) is 58.1 Å². The normalized spacial score (nSPS) is 18.5. The summed E-state index contributed by atoms with van der Waals surface area (Å²) in [4.78, 5) is 6.49. The van der Waals surface area contributed by atoms with Gasteiger partial charge in [0.2, 0.25) is 0 Å². The summed E-state index contributed by atoms with van der Waals surface area (Å²) in [5.41, 5.74) is 1.34. The minimum Gasteiger partial charge on any atom is -0.352 e. The summed E-state index contributed by atoms with van der Waals surface area (Å²) >= 11 is 0. The monoisotopic (exact) mass is 394 g/mol. The number of guanidine groups is 1. The standard InChI is InChI=1S/C19H25F3N6/c1-23-18(24-9-15-10-25-27(2)11-15)26-17-7-8-28(13-17)12-14-3-5-16(6-4-14)19(20,21)22/h3-6,10-11,17H,7-9,12-13H2,1-2H3,(H2,23,24,26). The summed E-state index contributed by atoms with van der Waals surface area (Å²) in [7, 11) is 3.61. The highest BCUT2D eigenvalue weighted by atomic mass is 19.4. The molecule has 6 nitrogen and oxygen atoms in total. The molecule has 0 amide bonds. The van der Waals surface area contributed by atoms with Crippen LogP contribution in [0.1, 0.15) is 23.1 Å². The van der Waals surface area contributed by atoms with Gasteiger partial charge >= 0.3 is 6.18 Å². The van der Waals surface area contributed by atoms with Gasteiger partial charge in [-0.25, -0.2) is 0 Å². The van der Waals surface area contributed by atoms with E-state index in [1.807, 2.05) is 19.4 Å². The second kappa shape index (κ2) is 8.64. The Morgan fingerprint density at radius 1 is 1.25 bits per heavy atom. The quantitative estimate of drug-likeness (QED) is 0.604. The summed E-state index contributed by atoms with van der Waals surface area (Å²) in [5, 5.41) is 10.8. The molecule has 1 aliphatic heterocycles. The van der Waals surface area contributed by atoms with E-state index < -0.39 is 11.7 Å². The third-order valence-electron chi connectivity index (χ3n) is 4.74. The maximum atomic E-state index is 12.7. The van der Waals surface area contributed by atoms with Crippen LogP contribution in [0.2, 0.25) is 0 Å². The van der Waals surface area contributed by atoms with Gasteiger partial charge in [0.1, 0.15) is 0 Å². The predicted molar refractivity (Wildman–Crippen MR) is 102 cm³/mol. The Bertz CT molecular complexity index is 797. The maximum absolute atomic E-state index is 12.7. The molecule has 0 radical (unpaired) electrons. The van der Waals surface area contributed by atoms with Crippen LogP contribution in [0.15, 0.2) is 41.7 Å². The van der Waals surface area contributed by atoms with Gasteiger partial charge in [0.05, 0.1) is 11.8 Å². The lowest BCUT2D eigenvalue weighted by molar-refractivity contribution is -0.137. The minimum absolute atomic E-state index is 0.245. The van der Waals surface area contributed by atoms with Crippen molar-refractivity contribution < 1.29 is 13.2 Å². The van der Waals surface area contributed by atoms with Crippen molar-refractivity contribution in [2.24, 2.45) is 12.0 Å². The highest BCUT2D eigenvalue weighted by Crippen LogP contribution is 2.29. The number of nitrogens with one attached hydrogen (secondary N) is 2. The SMILES string of the molecule is CN=C(NCc1cnn(C)c1)NC1CCN(Cc2ccc(C(F)(F)F)cc2)C1. The first-order valence-electron chi connectivity index (χ1n) is 9.16. The second-order valence-electron chi connectivity index (χ2n) is 7.01. The Balaban J connectivity index is 1.46. The Morgan fingerprint density at radius 2 is 2.00 bits per heavy atom. The minimum atomic E-state index is -4.29. The van der Waals surface area contributed by atoms with Gasteiger partial charge in [-0.2, -0.15) is 18.3 Å². The van der Waals surface area contributed by atoms with Crippen molar-refractivity contribution in [1.82, 2.24) is 25.3 Å². The Kier molecular flexibility index (Phi) is 6.23. The molecule has 0 aliphatic carbocycles. The lowest BCUT2D eigenvalue weighted by Crippen LogP contribution is -2.44. The van der Waals surface area contributed by atoms with E-state index in [4.69, 9.17) is 0 Å². The molecule has 1 saturated heterocycles. The lowest BCUT2D eigenvalue weighted by atomic mass is 10.1. The van der Waals surface area contributed by atoms with Gasteiger partial charge < -0.3 is 10.6 Å². The number of hydrogen-bond acceptors (Lipinski definition) is 3. The summed E-state index contributed by atoms with van der Waals surface area (Å²) in [6, 6.07) is 5.64. The number of rotatable bonds is 5. The lowest BCUT2D eigenvalue weighted by Gasteiger charge is -2.19. The average molecular weight is 394 g/mol. The van der Waals surface area contributed by atoms with E-state index in [1.54, 1.807) is 23.9 Å². The third kappa shape index (κ3) is 5.48. The van der Waals surface area contributed by atoms with Crippen LogP contribution in [0.5, 0.6) is 0 Å². The Labute approximate surface area is 162 Å². The van der Waals surface area contributed by atoms with Crippen LogP contribution in [-0.2, 0) is 26.3 Å². The molecule has 1 atom stereocenters. The number of nitrogens with zero attached hydrogens (tertiary/aromatic N) is 4. The van der Waals surface area contributed by atoms with Crippen LogP contribution in [0.25, 0.3) is 0 Å². The molecule has 9 heteroatoms.